The molecule has 0 aliphatic heterocycles. The van der Waals surface area contributed by atoms with Crippen molar-refractivity contribution in [3.8, 4) is 0 Å². The molecular formula is C12H14N6O3S3. The third kappa shape index (κ3) is 3.83. The summed E-state index contributed by atoms with van der Waals surface area (Å²) in [4.78, 5) is 15.8. The molecule has 0 spiro atoms. The van der Waals surface area contributed by atoms with Crippen molar-refractivity contribution in [3.63, 3.8) is 0 Å². The number of imidazole rings is 1. The first kappa shape index (κ1) is 17.1. The van der Waals surface area contributed by atoms with Gasteiger partial charge in [0.05, 0.1) is 0 Å². The standard InChI is InChI=1S/C12H14N6O3S3/c1-2-21-6-3-4-13-10-15-16-12(24-10)23-8-9(18(19)20)17-5-7-22-11(17)14-8/h5,7H,2-4,6H2,1H3,(H,13,15). The number of nitro groups is 1. The number of nitrogens with one attached hydrogen (secondary N) is 1. The molecule has 0 saturated heterocycles. The van der Waals surface area contributed by atoms with Crippen LogP contribution in [-0.2, 0) is 4.74 Å². The second-order valence-electron chi connectivity index (χ2n) is 4.51. The minimum atomic E-state index is -0.428. The second-order valence-corrected chi connectivity index (χ2v) is 7.59. The van der Waals surface area contributed by atoms with Gasteiger partial charge in [0, 0.05) is 25.1 Å². The van der Waals surface area contributed by atoms with Gasteiger partial charge in [0.25, 0.3) is 4.96 Å². The van der Waals surface area contributed by atoms with Crippen molar-refractivity contribution in [1.82, 2.24) is 19.6 Å². The molecule has 0 unspecified atom stereocenters. The Morgan fingerprint density at radius 2 is 2.38 bits per heavy atom. The summed E-state index contributed by atoms with van der Waals surface area (Å²) in [6.07, 6.45) is 2.51. The van der Waals surface area contributed by atoms with Gasteiger partial charge >= 0.3 is 5.82 Å². The van der Waals surface area contributed by atoms with Gasteiger partial charge in [0.1, 0.15) is 6.20 Å². The van der Waals surface area contributed by atoms with Crippen molar-refractivity contribution in [1.29, 1.82) is 0 Å². The lowest BCUT2D eigenvalue weighted by Gasteiger charge is -2.01. The van der Waals surface area contributed by atoms with E-state index in [9.17, 15) is 10.1 Å². The highest BCUT2D eigenvalue weighted by Gasteiger charge is 2.25. The fraction of sp³-hybridized carbons (Fsp3) is 0.417. The molecule has 1 N–H and O–H groups in total. The summed E-state index contributed by atoms with van der Waals surface area (Å²) < 4.78 is 7.34. The number of thiazole rings is 1. The molecule has 3 aromatic heterocycles. The van der Waals surface area contributed by atoms with Gasteiger partial charge < -0.3 is 20.2 Å². The zero-order chi connectivity index (χ0) is 16.9. The molecule has 3 rings (SSSR count). The van der Waals surface area contributed by atoms with Crippen LogP contribution in [0.5, 0.6) is 0 Å². The molecular weight excluding hydrogens is 372 g/mol. The molecule has 0 aliphatic rings. The first-order chi connectivity index (χ1) is 11.7. The lowest BCUT2D eigenvalue weighted by atomic mass is 10.4. The van der Waals surface area contributed by atoms with Gasteiger partial charge in [0.15, 0.2) is 4.34 Å². The Bertz CT molecular complexity index is 829. The number of aromatic nitrogens is 4. The van der Waals surface area contributed by atoms with Crippen LogP contribution in [0.25, 0.3) is 4.96 Å². The lowest BCUT2D eigenvalue weighted by Crippen LogP contribution is -2.05. The van der Waals surface area contributed by atoms with E-state index in [1.165, 1.54) is 27.1 Å². The Hall–Kier alpha value is -1.76. The van der Waals surface area contributed by atoms with Crippen LogP contribution in [0.2, 0.25) is 0 Å². The van der Waals surface area contributed by atoms with Crippen molar-refractivity contribution < 1.29 is 9.66 Å². The third-order valence-corrected chi connectivity index (χ3v) is 5.57. The topological polar surface area (TPSA) is 107 Å². The van der Waals surface area contributed by atoms with Gasteiger partial charge in [-0.3, -0.25) is 0 Å². The summed E-state index contributed by atoms with van der Waals surface area (Å²) in [5, 5.41) is 25.3. The van der Waals surface area contributed by atoms with Crippen LogP contribution in [0.15, 0.2) is 20.9 Å². The lowest BCUT2D eigenvalue weighted by molar-refractivity contribution is -0.393. The van der Waals surface area contributed by atoms with Crippen molar-refractivity contribution in [2.45, 2.75) is 22.7 Å². The highest BCUT2D eigenvalue weighted by molar-refractivity contribution is 8.01. The maximum atomic E-state index is 11.3. The van der Waals surface area contributed by atoms with Gasteiger partial charge in [-0.25, -0.2) is 0 Å². The molecule has 0 bridgehead atoms. The number of hydrogen-bond acceptors (Lipinski definition) is 10. The van der Waals surface area contributed by atoms with Crippen molar-refractivity contribution in [2.75, 3.05) is 25.1 Å². The Labute approximate surface area is 149 Å². The summed E-state index contributed by atoms with van der Waals surface area (Å²) in [5.74, 6) is -0.0438. The molecule has 12 heteroatoms. The second kappa shape index (κ2) is 7.88. The molecule has 0 radical (unpaired) electrons. The Morgan fingerprint density at radius 3 is 3.17 bits per heavy atom. The molecule has 0 aromatic carbocycles. The smallest absolute Gasteiger partial charge is 0.363 e. The van der Waals surface area contributed by atoms with E-state index < -0.39 is 4.92 Å². The molecule has 9 nitrogen and oxygen atoms in total. The predicted octanol–water partition coefficient (Wildman–Crippen LogP) is 3.15. The maximum absolute atomic E-state index is 11.3. The van der Waals surface area contributed by atoms with Crippen LogP contribution in [0.1, 0.15) is 13.3 Å². The zero-order valence-electron chi connectivity index (χ0n) is 12.7. The molecule has 0 fully saturated rings. The summed E-state index contributed by atoms with van der Waals surface area (Å²) in [5.41, 5.74) is 0. The van der Waals surface area contributed by atoms with Crippen molar-refractivity contribution in [3.05, 3.63) is 21.7 Å². The van der Waals surface area contributed by atoms with Gasteiger partial charge in [-0.15, -0.1) is 10.2 Å². The van der Waals surface area contributed by atoms with E-state index >= 15 is 0 Å². The molecule has 0 aliphatic carbocycles. The monoisotopic (exact) mass is 386 g/mol. The minimum Gasteiger partial charge on any atom is -0.382 e. The van der Waals surface area contributed by atoms with E-state index in [4.69, 9.17) is 4.74 Å². The van der Waals surface area contributed by atoms with E-state index in [1.807, 2.05) is 6.92 Å². The molecule has 0 amide bonds. The fourth-order valence-corrected chi connectivity index (χ4v) is 4.46. The molecule has 3 aromatic rings. The van der Waals surface area contributed by atoms with Gasteiger partial charge in [-0.2, -0.15) is 9.38 Å². The first-order valence-corrected chi connectivity index (χ1v) is 9.63. The highest BCUT2D eigenvalue weighted by Crippen LogP contribution is 2.37. The van der Waals surface area contributed by atoms with Crippen LogP contribution in [0.4, 0.5) is 10.9 Å². The van der Waals surface area contributed by atoms with Crippen LogP contribution in [-0.4, -0.2) is 44.3 Å². The number of hydrogen-bond donors (Lipinski definition) is 1. The Kier molecular flexibility index (Phi) is 5.60. The quantitative estimate of drug-likeness (QED) is 0.339. The average Bonchev–Trinajstić information content (AvgIpc) is 3.23. The molecule has 24 heavy (non-hydrogen) atoms. The SMILES string of the molecule is CCOCCCNc1nnc(Sc2nc3sccn3c2[N+](=O)[O-])s1. The van der Waals surface area contributed by atoms with Gasteiger partial charge in [-0.05, 0) is 30.0 Å². The number of fused-ring (bicyclic) bond motifs is 1. The van der Waals surface area contributed by atoms with E-state index in [1.54, 1.807) is 11.6 Å². The highest BCUT2D eigenvalue weighted by atomic mass is 32.2. The van der Waals surface area contributed by atoms with Crippen LogP contribution >= 0.6 is 34.4 Å². The predicted molar refractivity (Wildman–Crippen MR) is 93.4 cm³/mol. The fourth-order valence-electron chi connectivity index (χ4n) is 1.91. The number of rotatable bonds is 9. The number of nitrogens with zero attached hydrogens (tertiary/aromatic N) is 5. The van der Waals surface area contributed by atoms with E-state index in [0.717, 1.165) is 24.7 Å². The van der Waals surface area contributed by atoms with Crippen molar-refractivity contribution >= 4 is 50.3 Å². The molecule has 128 valence electrons. The van der Waals surface area contributed by atoms with E-state index in [0.29, 0.717) is 32.7 Å². The van der Waals surface area contributed by atoms with Gasteiger partial charge in [0.2, 0.25) is 10.2 Å². The first-order valence-electron chi connectivity index (χ1n) is 7.12. The summed E-state index contributed by atoms with van der Waals surface area (Å²) in [7, 11) is 0. The van der Waals surface area contributed by atoms with Gasteiger partial charge in [-0.1, -0.05) is 22.7 Å². The maximum Gasteiger partial charge on any atom is 0.363 e. The number of anilines is 1. The van der Waals surface area contributed by atoms with Crippen LogP contribution in [0.3, 0.4) is 0 Å². The summed E-state index contributed by atoms with van der Waals surface area (Å²) >= 11 is 3.85. The van der Waals surface area contributed by atoms with E-state index in [2.05, 4.69) is 20.5 Å². The Morgan fingerprint density at radius 1 is 1.50 bits per heavy atom. The molecule has 0 atom stereocenters. The average molecular weight is 386 g/mol. The third-order valence-electron chi connectivity index (χ3n) is 2.92. The zero-order valence-corrected chi connectivity index (χ0v) is 15.1. The normalized spacial score (nSPS) is 11.2. The summed E-state index contributed by atoms with van der Waals surface area (Å²) in [6.45, 7) is 4.10. The number of ether oxygens (including phenoxy) is 1. The summed E-state index contributed by atoms with van der Waals surface area (Å²) in [6, 6.07) is 0. The van der Waals surface area contributed by atoms with Crippen molar-refractivity contribution in [2.24, 2.45) is 0 Å². The largest absolute Gasteiger partial charge is 0.382 e. The minimum absolute atomic E-state index is 0.0438. The Balaban J connectivity index is 1.65. The van der Waals surface area contributed by atoms with Crippen LogP contribution in [0, 0.1) is 10.1 Å². The van der Waals surface area contributed by atoms with E-state index in [-0.39, 0.29) is 5.82 Å². The molecule has 0 saturated carbocycles. The van der Waals surface area contributed by atoms with Crippen LogP contribution < -0.4 is 5.32 Å². The molecule has 3 heterocycles.